The van der Waals surface area contributed by atoms with Crippen molar-refractivity contribution in [1.82, 2.24) is 4.31 Å². The van der Waals surface area contributed by atoms with E-state index in [1.165, 1.54) is 16.4 Å². The molecule has 1 aliphatic carbocycles. The van der Waals surface area contributed by atoms with Crippen molar-refractivity contribution >= 4 is 33.2 Å². The van der Waals surface area contributed by atoms with E-state index in [1.807, 2.05) is 30.3 Å². The third-order valence-electron chi connectivity index (χ3n) is 6.09. The lowest BCUT2D eigenvalue weighted by Gasteiger charge is -2.33. The standard InChI is InChI=1S/C27H29ClN2O4S/c28-22-11-17-26(18-12-22)35(32,33)30(24-9-5-2-6-10-24)19-27(31)29-23-13-15-25(16-14-23)34-20-21-7-3-1-4-8-21/h1,3-4,7-8,11-18,24H,2,5-6,9-10,19-20H2,(H,29,31). The van der Waals surface area contributed by atoms with E-state index in [1.54, 1.807) is 36.4 Å². The normalized spacial score (nSPS) is 14.6. The zero-order valence-electron chi connectivity index (χ0n) is 19.4. The Morgan fingerprint density at radius 2 is 1.57 bits per heavy atom. The highest BCUT2D eigenvalue weighted by molar-refractivity contribution is 7.89. The molecule has 1 N–H and O–H groups in total. The third kappa shape index (κ3) is 6.84. The van der Waals surface area contributed by atoms with Crippen molar-refractivity contribution in [1.29, 1.82) is 0 Å². The minimum Gasteiger partial charge on any atom is -0.489 e. The van der Waals surface area contributed by atoms with E-state index in [2.05, 4.69) is 5.32 Å². The van der Waals surface area contributed by atoms with Gasteiger partial charge >= 0.3 is 0 Å². The lowest BCUT2D eigenvalue weighted by atomic mass is 9.95. The summed E-state index contributed by atoms with van der Waals surface area (Å²) >= 11 is 5.95. The van der Waals surface area contributed by atoms with E-state index in [0.29, 0.717) is 23.1 Å². The number of hydrogen-bond acceptors (Lipinski definition) is 4. The van der Waals surface area contributed by atoms with Crippen LogP contribution in [-0.4, -0.2) is 31.2 Å². The number of sulfonamides is 1. The number of ether oxygens (including phenoxy) is 1. The largest absolute Gasteiger partial charge is 0.489 e. The van der Waals surface area contributed by atoms with Crippen molar-refractivity contribution in [2.75, 3.05) is 11.9 Å². The van der Waals surface area contributed by atoms with Gasteiger partial charge < -0.3 is 10.1 Å². The van der Waals surface area contributed by atoms with Crippen molar-refractivity contribution in [2.24, 2.45) is 0 Å². The fourth-order valence-electron chi connectivity index (χ4n) is 4.24. The summed E-state index contributed by atoms with van der Waals surface area (Å²) < 4.78 is 34.0. The summed E-state index contributed by atoms with van der Waals surface area (Å²) in [5.74, 6) is 0.298. The minimum absolute atomic E-state index is 0.139. The Bertz CT molecular complexity index is 1210. The number of benzene rings is 3. The fourth-order valence-corrected chi connectivity index (χ4v) is 6.01. The quantitative estimate of drug-likeness (QED) is 0.388. The molecule has 0 radical (unpaired) electrons. The van der Waals surface area contributed by atoms with Crippen molar-refractivity contribution < 1.29 is 17.9 Å². The van der Waals surface area contributed by atoms with Gasteiger partial charge in [-0.25, -0.2) is 8.42 Å². The maximum Gasteiger partial charge on any atom is 0.243 e. The van der Waals surface area contributed by atoms with Crippen LogP contribution in [0.3, 0.4) is 0 Å². The molecule has 0 atom stereocenters. The van der Waals surface area contributed by atoms with Crippen molar-refractivity contribution in [3.63, 3.8) is 0 Å². The van der Waals surface area contributed by atoms with Crippen LogP contribution in [0, 0.1) is 0 Å². The Morgan fingerprint density at radius 3 is 2.23 bits per heavy atom. The van der Waals surface area contributed by atoms with Gasteiger partial charge in [-0.15, -0.1) is 0 Å². The first-order valence-corrected chi connectivity index (χ1v) is 13.6. The molecule has 0 saturated heterocycles. The summed E-state index contributed by atoms with van der Waals surface area (Å²) in [4.78, 5) is 13.1. The van der Waals surface area contributed by atoms with Crippen LogP contribution in [0.2, 0.25) is 5.02 Å². The molecule has 0 bridgehead atoms. The Labute approximate surface area is 211 Å². The average molecular weight is 513 g/mol. The van der Waals surface area contributed by atoms with Gasteiger partial charge in [0.25, 0.3) is 0 Å². The Hall–Kier alpha value is -2.87. The second-order valence-electron chi connectivity index (χ2n) is 8.64. The van der Waals surface area contributed by atoms with Gasteiger partial charge in [0.15, 0.2) is 0 Å². The number of anilines is 1. The van der Waals surface area contributed by atoms with Crippen molar-refractivity contribution in [3.8, 4) is 5.75 Å². The summed E-state index contributed by atoms with van der Waals surface area (Å²) in [6.07, 6.45) is 4.46. The van der Waals surface area contributed by atoms with Gasteiger partial charge in [0, 0.05) is 16.8 Å². The molecule has 6 nitrogen and oxygen atoms in total. The highest BCUT2D eigenvalue weighted by atomic mass is 35.5. The lowest BCUT2D eigenvalue weighted by molar-refractivity contribution is -0.116. The number of halogens is 1. The molecule has 4 rings (SSSR count). The van der Waals surface area contributed by atoms with Gasteiger partial charge in [-0.1, -0.05) is 61.2 Å². The maximum absolute atomic E-state index is 13.5. The van der Waals surface area contributed by atoms with Crippen LogP contribution in [-0.2, 0) is 21.4 Å². The molecular weight excluding hydrogens is 484 g/mol. The topological polar surface area (TPSA) is 75.7 Å². The highest BCUT2D eigenvalue weighted by Crippen LogP contribution is 2.28. The first-order valence-electron chi connectivity index (χ1n) is 11.8. The first kappa shape index (κ1) is 25.2. The Kier molecular flexibility index (Phi) is 8.44. The van der Waals surface area contributed by atoms with Crippen LogP contribution >= 0.6 is 11.6 Å². The van der Waals surface area contributed by atoms with E-state index in [-0.39, 0.29) is 23.4 Å². The summed E-state index contributed by atoms with van der Waals surface area (Å²) in [6.45, 7) is 0.202. The van der Waals surface area contributed by atoms with E-state index < -0.39 is 10.0 Å². The third-order valence-corrected chi connectivity index (χ3v) is 8.25. The molecule has 0 aliphatic heterocycles. The Morgan fingerprint density at radius 1 is 0.914 bits per heavy atom. The smallest absolute Gasteiger partial charge is 0.243 e. The van der Waals surface area contributed by atoms with Gasteiger partial charge in [0.2, 0.25) is 15.9 Å². The van der Waals surface area contributed by atoms with E-state index in [0.717, 1.165) is 37.7 Å². The molecule has 1 saturated carbocycles. The number of amides is 1. The summed E-state index contributed by atoms with van der Waals surface area (Å²) in [5, 5.41) is 3.28. The molecule has 0 spiro atoms. The predicted molar refractivity (Wildman–Crippen MR) is 138 cm³/mol. The minimum atomic E-state index is -3.85. The molecule has 184 valence electrons. The molecule has 1 fully saturated rings. The number of nitrogens with zero attached hydrogens (tertiary/aromatic N) is 1. The predicted octanol–water partition coefficient (Wildman–Crippen LogP) is 5.88. The van der Waals surface area contributed by atoms with Gasteiger partial charge in [-0.3, -0.25) is 4.79 Å². The lowest BCUT2D eigenvalue weighted by Crippen LogP contribution is -2.45. The van der Waals surface area contributed by atoms with Crippen LogP contribution in [0.1, 0.15) is 37.7 Å². The van der Waals surface area contributed by atoms with Crippen LogP contribution in [0.4, 0.5) is 5.69 Å². The molecule has 35 heavy (non-hydrogen) atoms. The summed E-state index contributed by atoms with van der Waals surface area (Å²) in [6, 6.07) is 22.8. The second kappa shape index (κ2) is 11.7. The van der Waals surface area contributed by atoms with E-state index >= 15 is 0 Å². The molecule has 1 amide bonds. The van der Waals surface area contributed by atoms with Crippen molar-refractivity contribution in [2.45, 2.75) is 49.6 Å². The molecule has 0 unspecified atom stereocenters. The Balaban J connectivity index is 1.42. The zero-order valence-corrected chi connectivity index (χ0v) is 21.0. The molecule has 3 aromatic carbocycles. The van der Waals surface area contributed by atoms with Crippen LogP contribution < -0.4 is 10.1 Å². The van der Waals surface area contributed by atoms with E-state index in [9.17, 15) is 13.2 Å². The highest BCUT2D eigenvalue weighted by Gasteiger charge is 2.34. The summed E-state index contributed by atoms with van der Waals surface area (Å²) in [5.41, 5.74) is 1.64. The maximum atomic E-state index is 13.5. The molecule has 0 aromatic heterocycles. The van der Waals surface area contributed by atoms with E-state index in [4.69, 9.17) is 16.3 Å². The number of nitrogens with one attached hydrogen (secondary N) is 1. The molecule has 8 heteroatoms. The van der Waals surface area contributed by atoms with Crippen LogP contribution in [0.5, 0.6) is 5.75 Å². The first-order chi connectivity index (χ1) is 16.9. The molecule has 3 aromatic rings. The van der Waals surface area contributed by atoms with Gasteiger partial charge in [0.1, 0.15) is 12.4 Å². The molecule has 0 heterocycles. The molecule has 1 aliphatic rings. The SMILES string of the molecule is O=C(CN(C1CCCCC1)S(=O)(=O)c1ccc(Cl)cc1)Nc1ccc(OCc2ccccc2)cc1. The second-order valence-corrected chi connectivity index (χ2v) is 11.0. The van der Waals surface area contributed by atoms with Crippen LogP contribution in [0.25, 0.3) is 0 Å². The summed E-state index contributed by atoms with van der Waals surface area (Å²) in [7, 11) is -3.85. The number of carbonyl (C=O) groups is 1. The van der Waals surface area contributed by atoms with Gasteiger partial charge in [0.05, 0.1) is 11.4 Å². The monoisotopic (exact) mass is 512 g/mol. The number of rotatable bonds is 9. The van der Waals surface area contributed by atoms with Gasteiger partial charge in [-0.05, 0) is 66.9 Å². The van der Waals surface area contributed by atoms with Crippen molar-refractivity contribution in [3.05, 3.63) is 89.4 Å². The number of hydrogen-bond donors (Lipinski definition) is 1. The molecular formula is C27H29ClN2O4S. The average Bonchev–Trinajstić information content (AvgIpc) is 2.88. The van der Waals surface area contributed by atoms with Gasteiger partial charge in [-0.2, -0.15) is 4.31 Å². The fraction of sp³-hybridized carbons (Fsp3) is 0.296. The van der Waals surface area contributed by atoms with Crippen LogP contribution in [0.15, 0.2) is 83.8 Å². The zero-order chi connectivity index (χ0) is 24.7. The number of carbonyl (C=O) groups excluding carboxylic acids is 1.